The first-order valence-corrected chi connectivity index (χ1v) is 9.48. The largest absolute Gasteiger partial charge is 0.463 e. The number of nitrogens with one attached hydrogen (secondary N) is 1. The Bertz CT molecular complexity index is 715. The molecule has 1 amide bonds. The van der Waals surface area contributed by atoms with Gasteiger partial charge in [-0.2, -0.15) is 0 Å². The third-order valence-corrected chi connectivity index (χ3v) is 5.35. The lowest BCUT2D eigenvalue weighted by atomic mass is 10.2. The molecule has 1 aromatic carbocycles. The van der Waals surface area contributed by atoms with Crippen molar-refractivity contribution in [3.8, 4) is 0 Å². The second-order valence-electron chi connectivity index (χ2n) is 5.84. The highest BCUT2D eigenvalue weighted by Gasteiger charge is 2.28. The van der Waals surface area contributed by atoms with Gasteiger partial charge < -0.3 is 10.1 Å². The molecule has 1 heterocycles. The lowest BCUT2D eigenvalue weighted by Crippen LogP contribution is -2.28. The van der Waals surface area contributed by atoms with Crippen molar-refractivity contribution in [2.45, 2.75) is 32.8 Å². The summed E-state index contributed by atoms with van der Waals surface area (Å²) in [4.78, 5) is 23.6. The minimum atomic E-state index is -3.28. The highest BCUT2D eigenvalue weighted by atomic mass is 32.2. The van der Waals surface area contributed by atoms with Gasteiger partial charge in [-0.25, -0.2) is 8.42 Å². The molecule has 1 fully saturated rings. The molecule has 2 rings (SSSR count). The summed E-state index contributed by atoms with van der Waals surface area (Å²) >= 11 is 0. The van der Waals surface area contributed by atoms with Gasteiger partial charge in [0.2, 0.25) is 10.0 Å². The first-order chi connectivity index (χ1) is 11.3. The normalized spacial score (nSPS) is 16.2. The fourth-order valence-corrected chi connectivity index (χ4v) is 3.99. The zero-order chi connectivity index (χ0) is 17.7. The fourth-order valence-electron chi connectivity index (χ4n) is 2.43. The standard InChI is InChI=1S/C16H22N2O5S/c1-12(2)23-15(19)7-8-17-16(20)13-5-3-6-14(11-13)18-9-4-10-24(18,21)22/h3,5-6,11-12H,4,7-10H2,1-2H3,(H,17,20). The fraction of sp³-hybridized carbons (Fsp3) is 0.500. The molecule has 0 spiro atoms. The molecule has 0 radical (unpaired) electrons. The van der Waals surface area contributed by atoms with E-state index in [1.54, 1.807) is 38.1 Å². The number of amides is 1. The molecule has 0 bridgehead atoms. The zero-order valence-corrected chi connectivity index (χ0v) is 14.6. The molecule has 0 saturated carbocycles. The number of hydrogen-bond donors (Lipinski definition) is 1. The van der Waals surface area contributed by atoms with Gasteiger partial charge in [0.25, 0.3) is 5.91 Å². The Morgan fingerprint density at radius 1 is 1.33 bits per heavy atom. The molecule has 24 heavy (non-hydrogen) atoms. The second kappa shape index (κ2) is 7.65. The summed E-state index contributed by atoms with van der Waals surface area (Å²) in [5.41, 5.74) is 0.839. The number of benzene rings is 1. The van der Waals surface area contributed by atoms with Gasteiger partial charge in [0.05, 0.1) is 24.0 Å². The van der Waals surface area contributed by atoms with Gasteiger partial charge in [0.15, 0.2) is 0 Å². The van der Waals surface area contributed by atoms with Gasteiger partial charge in [-0.1, -0.05) is 6.07 Å². The number of sulfonamides is 1. The number of hydrogen-bond acceptors (Lipinski definition) is 5. The molecular weight excluding hydrogens is 332 g/mol. The molecule has 0 unspecified atom stereocenters. The van der Waals surface area contributed by atoms with Crippen LogP contribution in [-0.2, 0) is 19.6 Å². The quantitative estimate of drug-likeness (QED) is 0.777. The zero-order valence-electron chi connectivity index (χ0n) is 13.8. The summed E-state index contributed by atoms with van der Waals surface area (Å²) in [5, 5.41) is 2.63. The van der Waals surface area contributed by atoms with E-state index in [9.17, 15) is 18.0 Å². The van der Waals surface area contributed by atoms with Crippen LogP contribution in [-0.4, -0.2) is 45.2 Å². The summed E-state index contributed by atoms with van der Waals surface area (Å²) in [6.07, 6.45) is 0.480. The van der Waals surface area contributed by atoms with Crippen LogP contribution in [0.25, 0.3) is 0 Å². The molecule has 1 aliphatic rings. The second-order valence-corrected chi connectivity index (χ2v) is 7.85. The lowest BCUT2D eigenvalue weighted by molar-refractivity contribution is -0.147. The Kier molecular flexibility index (Phi) is 5.82. The number of carbonyl (C=O) groups excluding carboxylic acids is 2. The minimum Gasteiger partial charge on any atom is -0.463 e. The Balaban J connectivity index is 1.96. The van der Waals surface area contributed by atoms with Crippen LogP contribution in [0.3, 0.4) is 0 Å². The van der Waals surface area contributed by atoms with E-state index in [1.807, 2.05) is 0 Å². The molecule has 1 aromatic rings. The van der Waals surface area contributed by atoms with Gasteiger partial charge >= 0.3 is 5.97 Å². The monoisotopic (exact) mass is 354 g/mol. The van der Waals surface area contributed by atoms with Crippen molar-refractivity contribution >= 4 is 27.6 Å². The van der Waals surface area contributed by atoms with Crippen LogP contribution in [0, 0.1) is 0 Å². The molecule has 0 aromatic heterocycles. The SMILES string of the molecule is CC(C)OC(=O)CCNC(=O)c1cccc(N2CCCS2(=O)=O)c1. The maximum Gasteiger partial charge on any atom is 0.307 e. The number of anilines is 1. The third-order valence-electron chi connectivity index (χ3n) is 3.48. The maximum absolute atomic E-state index is 12.1. The van der Waals surface area contributed by atoms with Crippen molar-refractivity contribution in [1.29, 1.82) is 0 Å². The van der Waals surface area contributed by atoms with Crippen molar-refractivity contribution < 1.29 is 22.7 Å². The Morgan fingerprint density at radius 2 is 2.08 bits per heavy atom. The highest BCUT2D eigenvalue weighted by molar-refractivity contribution is 7.93. The Morgan fingerprint density at radius 3 is 2.71 bits per heavy atom. The summed E-state index contributed by atoms with van der Waals surface area (Å²) in [6.45, 7) is 4.11. The molecule has 132 valence electrons. The number of carbonyl (C=O) groups is 2. The molecule has 1 aliphatic heterocycles. The summed E-state index contributed by atoms with van der Waals surface area (Å²) in [5.74, 6) is -0.602. The predicted molar refractivity (Wildman–Crippen MR) is 90.4 cm³/mol. The Hall–Kier alpha value is -2.09. The van der Waals surface area contributed by atoms with E-state index >= 15 is 0 Å². The Labute approximate surface area is 142 Å². The van der Waals surface area contributed by atoms with Crippen LogP contribution in [0.5, 0.6) is 0 Å². The number of rotatable bonds is 6. The maximum atomic E-state index is 12.1. The number of ether oxygens (including phenoxy) is 1. The van der Waals surface area contributed by atoms with E-state index in [0.29, 0.717) is 24.2 Å². The smallest absolute Gasteiger partial charge is 0.307 e. The van der Waals surface area contributed by atoms with Gasteiger partial charge in [0.1, 0.15) is 0 Å². The first kappa shape index (κ1) is 18.3. The summed E-state index contributed by atoms with van der Waals surface area (Å²) in [6, 6.07) is 6.46. The average Bonchev–Trinajstić information content (AvgIpc) is 2.86. The minimum absolute atomic E-state index is 0.0874. The van der Waals surface area contributed by atoms with Gasteiger partial charge in [-0.15, -0.1) is 0 Å². The first-order valence-electron chi connectivity index (χ1n) is 7.88. The van der Waals surface area contributed by atoms with Crippen molar-refractivity contribution in [3.63, 3.8) is 0 Å². The van der Waals surface area contributed by atoms with Crippen molar-refractivity contribution in [2.24, 2.45) is 0 Å². The highest BCUT2D eigenvalue weighted by Crippen LogP contribution is 2.24. The lowest BCUT2D eigenvalue weighted by Gasteiger charge is -2.17. The van der Waals surface area contributed by atoms with E-state index in [0.717, 1.165) is 0 Å². The van der Waals surface area contributed by atoms with Gasteiger partial charge in [0, 0.05) is 18.7 Å². The third kappa shape index (κ3) is 4.70. The van der Waals surface area contributed by atoms with E-state index in [2.05, 4.69) is 5.32 Å². The van der Waals surface area contributed by atoms with Crippen LogP contribution in [0.1, 0.15) is 37.0 Å². The molecule has 1 saturated heterocycles. The van der Waals surface area contributed by atoms with E-state index in [-0.39, 0.29) is 36.7 Å². The van der Waals surface area contributed by atoms with Gasteiger partial charge in [-0.3, -0.25) is 13.9 Å². The topological polar surface area (TPSA) is 92.8 Å². The van der Waals surface area contributed by atoms with Crippen LogP contribution in [0.15, 0.2) is 24.3 Å². The summed E-state index contributed by atoms with van der Waals surface area (Å²) in [7, 11) is -3.28. The van der Waals surface area contributed by atoms with Crippen molar-refractivity contribution in [1.82, 2.24) is 5.32 Å². The number of nitrogens with zero attached hydrogens (tertiary/aromatic N) is 1. The summed E-state index contributed by atoms with van der Waals surface area (Å²) < 4.78 is 30.2. The van der Waals surface area contributed by atoms with E-state index in [4.69, 9.17) is 4.74 Å². The van der Waals surface area contributed by atoms with E-state index < -0.39 is 10.0 Å². The van der Waals surface area contributed by atoms with Crippen molar-refractivity contribution in [2.75, 3.05) is 23.1 Å². The van der Waals surface area contributed by atoms with Crippen molar-refractivity contribution in [3.05, 3.63) is 29.8 Å². The van der Waals surface area contributed by atoms with Crippen LogP contribution in [0.4, 0.5) is 5.69 Å². The molecule has 7 nitrogen and oxygen atoms in total. The van der Waals surface area contributed by atoms with Gasteiger partial charge in [-0.05, 0) is 38.5 Å². The molecule has 1 N–H and O–H groups in total. The van der Waals surface area contributed by atoms with E-state index in [1.165, 1.54) is 4.31 Å². The predicted octanol–water partition coefficient (Wildman–Crippen LogP) is 1.30. The average molecular weight is 354 g/mol. The van der Waals surface area contributed by atoms with Crippen LogP contribution >= 0.6 is 0 Å². The molecule has 8 heteroatoms. The molecular formula is C16H22N2O5S. The molecule has 0 atom stereocenters. The number of esters is 1. The van der Waals surface area contributed by atoms with Crippen LogP contribution in [0.2, 0.25) is 0 Å². The molecule has 0 aliphatic carbocycles. The van der Waals surface area contributed by atoms with Crippen LogP contribution < -0.4 is 9.62 Å².